The van der Waals surface area contributed by atoms with Gasteiger partial charge >= 0.3 is 0 Å². The molecular weight excluding hydrogens is 294 g/mol. The van der Waals surface area contributed by atoms with Crippen LogP contribution in [0.15, 0.2) is 36.9 Å². The van der Waals surface area contributed by atoms with Gasteiger partial charge in [-0.2, -0.15) is 5.10 Å². The highest BCUT2D eigenvalue weighted by atomic mass is 16.2. The molecule has 0 bridgehead atoms. The maximum atomic E-state index is 12.7. The van der Waals surface area contributed by atoms with Crippen LogP contribution in [0, 0.1) is 0 Å². The smallest absolute Gasteiger partial charge is 0.255 e. The summed E-state index contributed by atoms with van der Waals surface area (Å²) in [5, 5.41) is 4.15. The second-order valence-electron chi connectivity index (χ2n) is 6.00. The molecule has 2 atom stereocenters. The molecule has 2 amide bonds. The van der Waals surface area contributed by atoms with Crippen molar-refractivity contribution in [3.05, 3.63) is 42.5 Å². The van der Waals surface area contributed by atoms with Crippen LogP contribution >= 0.6 is 0 Å². The van der Waals surface area contributed by atoms with Crippen LogP contribution in [0.5, 0.6) is 0 Å². The summed E-state index contributed by atoms with van der Waals surface area (Å²) in [5.74, 6) is 0.00289. The first kappa shape index (κ1) is 13.9. The Bertz CT molecular complexity index is 757. The highest BCUT2D eigenvalue weighted by Crippen LogP contribution is 2.36. The molecule has 0 aliphatic carbocycles. The lowest BCUT2D eigenvalue weighted by Crippen LogP contribution is -2.40. The summed E-state index contributed by atoms with van der Waals surface area (Å²) in [6, 6.07) is 3.48. The van der Waals surface area contributed by atoms with Crippen LogP contribution in [0.25, 0.3) is 0 Å². The number of anilines is 1. The predicted molar refractivity (Wildman–Crippen MR) is 82.8 cm³/mol. The van der Waals surface area contributed by atoms with Gasteiger partial charge in [0.1, 0.15) is 0 Å². The summed E-state index contributed by atoms with van der Waals surface area (Å²) in [6.45, 7) is 0.660. The van der Waals surface area contributed by atoms with E-state index in [0.717, 1.165) is 12.1 Å². The van der Waals surface area contributed by atoms with Crippen molar-refractivity contribution in [2.45, 2.75) is 24.9 Å². The Balaban J connectivity index is 1.60. The molecule has 2 fully saturated rings. The zero-order valence-corrected chi connectivity index (χ0v) is 12.8. The Kier molecular flexibility index (Phi) is 3.14. The van der Waals surface area contributed by atoms with Crippen molar-refractivity contribution in [2.24, 2.45) is 7.05 Å². The van der Waals surface area contributed by atoms with E-state index in [1.165, 1.54) is 0 Å². The first-order chi connectivity index (χ1) is 11.1. The number of pyridine rings is 1. The number of rotatable bonds is 2. The maximum Gasteiger partial charge on any atom is 0.255 e. The van der Waals surface area contributed by atoms with Gasteiger partial charge < -0.3 is 9.80 Å². The maximum absolute atomic E-state index is 12.7. The molecule has 0 unspecified atom stereocenters. The van der Waals surface area contributed by atoms with Crippen molar-refractivity contribution in [3.8, 4) is 0 Å². The van der Waals surface area contributed by atoms with E-state index in [0.29, 0.717) is 18.5 Å². The largest absolute Gasteiger partial charge is 0.333 e. The van der Waals surface area contributed by atoms with Crippen LogP contribution in [0.3, 0.4) is 0 Å². The first-order valence-corrected chi connectivity index (χ1v) is 7.67. The summed E-state index contributed by atoms with van der Waals surface area (Å²) in [6.07, 6.45) is 7.92. The van der Waals surface area contributed by atoms with Crippen molar-refractivity contribution in [3.63, 3.8) is 0 Å². The molecular formula is C16H17N5O2. The average Bonchev–Trinajstić information content (AvgIpc) is 3.22. The van der Waals surface area contributed by atoms with Gasteiger partial charge in [0, 0.05) is 38.6 Å². The van der Waals surface area contributed by atoms with E-state index in [-0.39, 0.29) is 23.9 Å². The fraction of sp³-hybridized carbons (Fsp3) is 0.375. The van der Waals surface area contributed by atoms with Crippen LogP contribution in [-0.2, 0) is 11.8 Å². The van der Waals surface area contributed by atoms with E-state index >= 15 is 0 Å². The highest BCUT2D eigenvalue weighted by molar-refractivity contribution is 6.00. The summed E-state index contributed by atoms with van der Waals surface area (Å²) in [4.78, 5) is 32.7. The Morgan fingerprint density at radius 1 is 1.30 bits per heavy atom. The number of aryl methyl sites for hydroxylation is 1. The summed E-state index contributed by atoms with van der Waals surface area (Å²) in [5.41, 5.74) is 1.38. The van der Waals surface area contributed by atoms with Crippen LogP contribution < -0.4 is 4.90 Å². The lowest BCUT2D eigenvalue weighted by Gasteiger charge is -2.24. The molecule has 4 rings (SSSR count). The molecule has 2 aliphatic heterocycles. The zero-order chi connectivity index (χ0) is 16.0. The van der Waals surface area contributed by atoms with Gasteiger partial charge in [0.25, 0.3) is 5.91 Å². The molecule has 4 heterocycles. The van der Waals surface area contributed by atoms with Crippen molar-refractivity contribution < 1.29 is 9.59 Å². The Labute approximate surface area is 133 Å². The highest BCUT2D eigenvalue weighted by Gasteiger charge is 2.49. The van der Waals surface area contributed by atoms with Gasteiger partial charge in [-0.05, 0) is 18.6 Å². The third-order valence-electron chi connectivity index (χ3n) is 4.63. The fourth-order valence-corrected chi connectivity index (χ4v) is 3.62. The first-order valence-electron chi connectivity index (χ1n) is 7.67. The zero-order valence-electron chi connectivity index (χ0n) is 12.8. The SMILES string of the molecule is Cn1cc(N2C(=O)C[C@@H]3[C@@H]2CCN3C(=O)c2cccnc2)cn1. The van der Waals surface area contributed by atoms with E-state index < -0.39 is 0 Å². The standard InChI is InChI=1S/C16H17N5O2/c1-19-10-12(9-18-19)21-13-4-6-20(14(13)7-15(21)22)16(23)11-3-2-5-17-8-11/h2-3,5,8-10,13-14H,4,6-7H2,1H3/t13-,14+/m0/s1. The van der Waals surface area contributed by atoms with Gasteiger partial charge in [0.15, 0.2) is 0 Å². The van der Waals surface area contributed by atoms with E-state index in [2.05, 4.69) is 10.1 Å². The number of fused-ring (bicyclic) bond motifs is 1. The second kappa shape index (κ2) is 5.19. The third-order valence-corrected chi connectivity index (χ3v) is 4.63. The van der Waals surface area contributed by atoms with Gasteiger partial charge in [-0.1, -0.05) is 0 Å². The molecule has 7 nitrogen and oxygen atoms in total. The van der Waals surface area contributed by atoms with E-state index in [1.807, 2.05) is 18.1 Å². The molecule has 0 radical (unpaired) electrons. The molecule has 23 heavy (non-hydrogen) atoms. The number of amides is 2. The van der Waals surface area contributed by atoms with Gasteiger partial charge in [-0.25, -0.2) is 0 Å². The molecule has 2 saturated heterocycles. The van der Waals surface area contributed by atoms with Crippen LogP contribution in [0.2, 0.25) is 0 Å². The molecule has 118 valence electrons. The fourth-order valence-electron chi connectivity index (χ4n) is 3.62. The van der Waals surface area contributed by atoms with Crippen LogP contribution in [0.4, 0.5) is 5.69 Å². The Morgan fingerprint density at radius 2 is 2.17 bits per heavy atom. The molecule has 0 N–H and O–H groups in total. The van der Waals surface area contributed by atoms with Crippen molar-refractivity contribution in [1.82, 2.24) is 19.7 Å². The minimum Gasteiger partial charge on any atom is -0.333 e. The quantitative estimate of drug-likeness (QED) is 0.824. The molecule has 2 aromatic heterocycles. The second-order valence-corrected chi connectivity index (χ2v) is 6.00. The lowest BCUT2D eigenvalue weighted by molar-refractivity contribution is -0.117. The number of aromatic nitrogens is 3. The third kappa shape index (κ3) is 2.19. The number of likely N-dealkylation sites (tertiary alicyclic amines) is 1. The van der Waals surface area contributed by atoms with E-state index in [4.69, 9.17) is 0 Å². The molecule has 2 aliphatic rings. The van der Waals surface area contributed by atoms with Gasteiger partial charge in [-0.3, -0.25) is 19.3 Å². The van der Waals surface area contributed by atoms with Crippen LogP contribution in [0.1, 0.15) is 23.2 Å². The number of carbonyl (C=O) groups is 2. The Morgan fingerprint density at radius 3 is 2.87 bits per heavy atom. The monoisotopic (exact) mass is 311 g/mol. The molecule has 0 spiro atoms. The van der Waals surface area contributed by atoms with Gasteiger partial charge in [-0.15, -0.1) is 0 Å². The van der Waals surface area contributed by atoms with E-state index in [9.17, 15) is 9.59 Å². The summed E-state index contributed by atoms with van der Waals surface area (Å²) >= 11 is 0. The average molecular weight is 311 g/mol. The van der Waals surface area contributed by atoms with Gasteiger partial charge in [0.2, 0.25) is 5.91 Å². The molecule has 7 heteroatoms. The molecule has 0 saturated carbocycles. The number of hydrogen-bond donors (Lipinski definition) is 0. The van der Waals surface area contributed by atoms with Crippen molar-refractivity contribution >= 4 is 17.5 Å². The Hall–Kier alpha value is -2.70. The topological polar surface area (TPSA) is 71.3 Å². The normalized spacial score (nSPS) is 23.4. The summed E-state index contributed by atoms with van der Waals surface area (Å²) in [7, 11) is 1.83. The minimum atomic E-state index is -0.0737. The molecule has 2 aromatic rings. The van der Waals surface area contributed by atoms with Crippen molar-refractivity contribution in [2.75, 3.05) is 11.4 Å². The van der Waals surface area contributed by atoms with E-state index in [1.54, 1.807) is 40.3 Å². The summed E-state index contributed by atoms with van der Waals surface area (Å²) < 4.78 is 1.68. The number of hydrogen-bond acceptors (Lipinski definition) is 4. The minimum absolute atomic E-state index is 0.0346. The van der Waals surface area contributed by atoms with Crippen LogP contribution in [-0.4, -0.2) is 50.1 Å². The number of carbonyl (C=O) groups excluding carboxylic acids is 2. The van der Waals surface area contributed by atoms with Crippen molar-refractivity contribution in [1.29, 1.82) is 0 Å². The van der Waals surface area contributed by atoms with Gasteiger partial charge in [0.05, 0.1) is 29.5 Å². The number of nitrogens with zero attached hydrogens (tertiary/aromatic N) is 5. The molecule has 0 aromatic carbocycles. The predicted octanol–water partition coefficient (Wildman–Crippen LogP) is 0.835. The lowest BCUT2D eigenvalue weighted by atomic mass is 10.1.